The molecule has 0 amide bonds. The van der Waals surface area contributed by atoms with Crippen molar-refractivity contribution in [3.05, 3.63) is 66.7 Å². The van der Waals surface area contributed by atoms with Gasteiger partial charge in [-0.05, 0) is 18.2 Å². The van der Waals surface area contributed by atoms with Crippen LogP contribution in [0.15, 0.2) is 65.8 Å². The summed E-state index contributed by atoms with van der Waals surface area (Å²) >= 11 is 0. The number of hydrogen-bond acceptors (Lipinski definition) is 6. The van der Waals surface area contributed by atoms with Crippen molar-refractivity contribution in [2.45, 2.75) is 4.90 Å². The SMILES string of the molecule is COc1ccc(S(=O)(=O)N2CCN(c3cc(-c4ccccc4)ncn3)CC2)cc1F. The number of rotatable bonds is 5. The molecule has 9 heteroatoms. The lowest BCUT2D eigenvalue weighted by Crippen LogP contribution is -2.48. The van der Waals surface area contributed by atoms with Crippen LogP contribution >= 0.6 is 0 Å². The quantitative estimate of drug-likeness (QED) is 0.622. The second kappa shape index (κ2) is 8.37. The van der Waals surface area contributed by atoms with Crippen LogP contribution in [0.25, 0.3) is 11.3 Å². The first-order valence-electron chi connectivity index (χ1n) is 9.45. The molecule has 0 N–H and O–H groups in total. The lowest BCUT2D eigenvalue weighted by Gasteiger charge is -2.34. The third-order valence-corrected chi connectivity index (χ3v) is 6.94. The monoisotopic (exact) mass is 428 g/mol. The average molecular weight is 428 g/mol. The summed E-state index contributed by atoms with van der Waals surface area (Å²) in [5, 5.41) is 0. The number of benzene rings is 2. The van der Waals surface area contributed by atoms with Crippen molar-refractivity contribution in [3.8, 4) is 17.0 Å². The van der Waals surface area contributed by atoms with Crippen LogP contribution in [0.4, 0.5) is 10.2 Å². The molecular weight excluding hydrogens is 407 g/mol. The Labute approximate surface area is 174 Å². The number of sulfonamides is 1. The maximum absolute atomic E-state index is 14.0. The van der Waals surface area contributed by atoms with E-state index in [-0.39, 0.29) is 23.7 Å². The Morgan fingerprint density at radius 2 is 1.70 bits per heavy atom. The Bertz CT molecular complexity index is 1130. The highest BCUT2D eigenvalue weighted by atomic mass is 32.2. The van der Waals surface area contributed by atoms with Gasteiger partial charge < -0.3 is 9.64 Å². The molecule has 1 aliphatic rings. The van der Waals surface area contributed by atoms with Crippen LogP contribution in [0, 0.1) is 5.82 Å². The van der Waals surface area contributed by atoms with Crippen molar-refractivity contribution in [2.24, 2.45) is 0 Å². The molecular formula is C21H21FN4O3S. The molecule has 0 bridgehead atoms. The summed E-state index contributed by atoms with van der Waals surface area (Å²) in [6, 6.07) is 15.4. The maximum Gasteiger partial charge on any atom is 0.243 e. The van der Waals surface area contributed by atoms with Crippen molar-refractivity contribution in [1.29, 1.82) is 0 Å². The van der Waals surface area contributed by atoms with E-state index in [4.69, 9.17) is 4.74 Å². The molecule has 156 valence electrons. The van der Waals surface area contributed by atoms with Crippen LogP contribution in [-0.4, -0.2) is 56.0 Å². The van der Waals surface area contributed by atoms with Crippen molar-refractivity contribution < 1.29 is 17.5 Å². The van der Waals surface area contributed by atoms with Crippen LogP contribution in [0.5, 0.6) is 5.75 Å². The second-order valence-electron chi connectivity index (χ2n) is 6.81. The van der Waals surface area contributed by atoms with Gasteiger partial charge in [0.25, 0.3) is 0 Å². The maximum atomic E-state index is 14.0. The number of methoxy groups -OCH3 is 1. The molecule has 0 saturated carbocycles. The largest absolute Gasteiger partial charge is 0.494 e. The first-order chi connectivity index (χ1) is 14.5. The minimum atomic E-state index is -3.79. The number of nitrogens with zero attached hydrogens (tertiary/aromatic N) is 4. The van der Waals surface area contributed by atoms with E-state index >= 15 is 0 Å². The molecule has 0 spiro atoms. The number of aromatic nitrogens is 2. The highest BCUT2D eigenvalue weighted by Crippen LogP contribution is 2.25. The molecule has 1 aliphatic heterocycles. The number of piperazine rings is 1. The van der Waals surface area contributed by atoms with Gasteiger partial charge in [0, 0.05) is 37.8 Å². The van der Waals surface area contributed by atoms with Gasteiger partial charge in [-0.15, -0.1) is 0 Å². The molecule has 7 nitrogen and oxygen atoms in total. The normalized spacial score (nSPS) is 15.2. The van der Waals surface area contributed by atoms with Gasteiger partial charge in [0.1, 0.15) is 12.1 Å². The van der Waals surface area contributed by atoms with Gasteiger partial charge in [-0.2, -0.15) is 4.31 Å². The highest BCUT2D eigenvalue weighted by molar-refractivity contribution is 7.89. The summed E-state index contributed by atoms with van der Waals surface area (Å²) in [6.45, 7) is 1.51. The third-order valence-electron chi connectivity index (χ3n) is 5.05. The van der Waals surface area contributed by atoms with E-state index in [1.165, 1.54) is 29.9 Å². The summed E-state index contributed by atoms with van der Waals surface area (Å²) in [5.41, 5.74) is 1.80. The average Bonchev–Trinajstić information content (AvgIpc) is 2.80. The Hall–Kier alpha value is -3.04. The first kappa shape index (κ1) is 20.2. The minimum Gasteiger partial charge on any atom is -0.494 e. The van der Waals surface area contributed by atoms with Gasteiger partial charge in [-0.1, -0.05) is 30.3 Å². The summed E-state index contributed by atoms with van der Waals surface area (Å²) in [7, 11) is -2.45. The van der Waals surface area contributed by atoms with Gasteiger partial charge >= 0.3 is 0 Å². The molecule has 0 unspecified atom stereocenters. The lowest BCUT2D eigenvalue weighted by atomic mass is 10.1. The molecule has 2 aromatic carbocycles. The summed E-state index contributed by atoms with van der Waals surface area (Å²) in [6.07, 6.45) is 1.51. The molecule has 4 rings (SSSR count). The zero-order chi connectivity index (χ0) is 21.1. The Kier molecular flexibility index (Phi) is 5.65. The fraction of sp³-hybridized carbons (Fsp3) is 0.238. The van der Waals surface area contributed by atoms with Crippen LogP contribution in [0.2, 0.25) is 0 Å². The number of halogens is 1. The predicted octanol–water partition coefficient (Wildman–Crippen LogP) is 2.80. The standard InChI is InChI=1S/C21H21FN4O3S/c1-29-20-8-7-17(13-18(20)22)30(27,28)26-11-9-25(10-12-26)21-14-19(23-15-24-21)16-5-3-2-4-6-16/h2-8,13-15H,9-12H2,1H3. The van der Waals surface area contributed by atoms with Gasteiger partial charge in [0.2, 0.25) is 10.0 Å². The van der Waals surface area contributed by atoms with Crippen LogP contribution in [-0.2, 0) is 10.0 Å². The minimum absolute atomic E-state index is 0.0109. The van der Waals surface area contributed by atoms with Gasteiger partial charge in [0.15, 0.2) is 11.6 Å². The smallest absolute Gasteiger partial charge is 0.243 e. The third kappa shape index (κ3) is 3.99. The number of hydrogen-bond donors (Lipinski definition) is 0. The molecule has 30 heavy (non-hydrogen) atoms. The molecule has 1 fully saturated rings. The van der Waals surface area contributed by atoms with Crippen molar-refractivity contribution >= 4 is 15.8 Å². The molecule has 0 aliphatic carbocycles. The lowest BCUT2D eigenvalue weighted by molar-refractivity contribution is 0.379. The van der Waals surface area contributed by atoms with E-state index in [2.05, 4.69) is 9.97 Å². The van der Waals surface area contributed by atoms with E-state index in [9.17, 15) is 12.8 Å². The molecule has 2 heterocycles. The molecule has 1 saturated heterocycles. The summed E-state index contributed by atoms with van der Waals surface area (Å²) < 4.78 is 46.0. The van der Waals surface area contributed by atoms with E-state index < -0.39 is 15.8 Å². The molecule has 3 aromatic rings. The van der Waals surface area contributed by atoms with Crippen LogP contribution in [0.1, 0.15) is 0 Å². The Morgan fingerprint density at radius 3 is 2.37 bits per heavy atom. The summed E-state index contributed by atoms with van der Waals surface area (Å²) in [4.78, 5) is 10.6. The van der Waals surface area contributed by atoms with Crippen LogP contribution < -0.4 is 9.64 Å². The van der Waals surface area contributed by atoms with Crippen LogP contribution in [0.3, 0.4) is 0 Å². The second-order valence-corrected chi connectivity index (χ2v) is 8.75. The fourth-order valence-electron chi connectivity index (χ4n) is 3.40. The number of ether oxygens (including phenoxy) is 1. The zero-order valence-corrected chi connectivity index (χ0v) is 17.2. The van der Waals surface area contributed by atoms with Crippen molar-refractivity contribution in [2.75, 3.05) is 38.2 Å². The molecule has 0 radical (unpaired) electrons. The van der Waals surface area contributed by atoms with E-state index in [0.717, 1.165) is 23.1 Å². The zero-order valence-electron chi connectivity index (χ0n) is 16.4. The first-order valence-corrected chi connectivity index (χ1v) is 10.9. The highest BCUT2D eigenvalue weighted by Gasteiger charge is 2.29. The van der Waals surface area contributed by atoms with Gasteiger partial charge in [-0.3, -0.25) is 0 Å². The Morgan fingerprint density at radius 1 is 0.967 bits per heavy atom. The van der Waals surface area contributed by atoms with Gasteiger partial charge in [0.05, 0.1) is 17.7 Å². The van der Waals surface area contributed by atoms with Crippen molar-refractivity contribution in [1.82, 2.24) is 14.3 Å². The predicted molar refractivity (Wildman–Crippen MR) is 111 cm³/mol. The van der Waals surface area contributed by atoms with Crippen molar-refractivity contribution in [3.63, 3.8) is 0 Å². The topological polar surface area (TPSA) is 75.6 Å². The fourth-order valence-corrected chi connectivity index (χ4v) is 4.84. The summed E-state index contributed by atoms with van der Waals surface area (Å²) in [5.74, 6) is 0.0554. The van der Waals surface area contributed by atoms with E-state index in [1.807, 2.05) is 41.3 Å². The van der Waals surface area contributed by atoms with Gasteiger partial charge in [-0.25, -0.2) is 22.8 Å². The molecule has 0 atom stereocenters. The number of anilines is 1. The molecule has 1 aromatic heterocycles. The Balaban J connectivity index is 1.48. The van der Waals surface area contributed by atoms with E-state index in [1.54, 1.807) is 0 Å². The van der Waals surface area contributed by atoms with E-state index in [0.29, 0.717) is 13.1 Å².